The van der Waals surface area contributed by atoms with E-state index in [0.29, 0.717) is 55.1 Å². The van der Waals surface area contributed by atoms with Crippen molar-refractivity contribution < 1.29 is 38.2 Å². The maximum absolute atomic E-state index is 13.7. The number of allylic oxidation sites excluding steroid dienone is 1. The maximum Gasteiger partial charge on any atom is 0.410 e. The van der Waals surface area contributed by atoms with Crippen LogP contribution >= 0.6 is 11.8 Å². The van der Waals surface area contributed by atoms with E-state index in [1.165, 1.54) is 22.7 Å². The van der Waals surface area contributed by atoms with Crippen LogP contribution in [0.15, 0.2) is 90.2 Å². The van der Waals surface area contributed by atoms with E-state index in [1.807, 2.05) is 30.3 Å². The summed E-state index contributed by atoms with van der Waals surface area (Å²) in [4.78, 5) is 70.8. The summed E-state index contributed by atoms with van der Waals surface area (Å²) >= 11 is 1.42. The second-order valence-corrected chi connectivity index (χ2v) is 13.2. The van der Waals surface area contributed by atoms with Crippen LogP contribution in [-0.2, 0) is 41.7 Å². The first-order chi connectivity index (χ1) is 23.8. The van der Waals surface area contributed by atoms with Gasteiger partial charge in [0.05, 0.1) is 19.6 Å². The van der Waals surface area contributed by atoms with Gasteiger partial charge in [0.15, 0.2) is 0 Å². The van der Waals surface area contributed by atoms with Gasteiger partial charge in [0.1, 0.15) is 36.1 Å². The molecule has 3 fully saturated rings. The molecule has 0 saturated carbocycles. The highest BCUT2D eigenvalue weighted by Crippen LogP contribution is 2.42. The lowest BCUT2D eigenvalue weighted by Crippen LogP contribution is -2.70. The van der Waals surface area contributed by atoms with Crippen molar-refractivity contribution in [3.05, 3.63) is 101 Å². The average molecular weight is 687 g/mol. The predicted octanol–water partition coefficient (Wildman–Crippen LogP) is 3.19. The van der Waals surface area contributed by atoms with E-state index in [-0.39, 0.29) is 43.2 Å². The Morgan fingerprint density at radius 3 is 2.53 bits per heavy atom. The number of hydrogen-bond donors (Lipinski definition) is 1. The quantitative estimate of drug-likeness (QED) is 0.164. The fourth-order valence-electron chi connectivity index (χ4n) is 6.40. The Morgan fingerprint density at radius 2 is 1.80 bits per heavy atom. The molecule has 0 aliphatic carbocycles. The van der Waals surface area contributed by atoms with Crippen molar-refractivity contribution in [3.63, 3.8) is 0 Å². The van der Waals surface area contributed by atoms with E-state index in [4.69, 9.17) is 14.2 Å². The number of benzene rings is 2. The van der Waals surface area contributed by atoms with Crippen LogP contribution in [0.4, 0.5) is 4.79 Å². The minimum atomic E-state index is -0.799. The molecular weight excluding hydrogens is 648 g/mol. The van der Waals surface area contributed by atoms with Crippen LogP contribution in [0.2, 0.25) is 0 Å². The summed E-state index contributed by atoms with van der Waals surface area (Å²) in [7, 11) is 1.56. The average Bonchev–Trinajstić information content (AvgIpc) is 3.75. The van der Waals surface area contributed by atoms with Crippen molar-refractivity contribution in [3.8, 4) is 5.75 Å². The lowest BCUT2D eigenvalue weighted by atomic mass is 10.0. The fourth-order valence-corrected chi connectivity index (χ4v) is 7.70. The van der Waals surface area contributed by atoms with Gasteiger partial charge in [-0.15, -0.1) is 11.8 Å². The third-order valence-electron chi connectivity index (χ3n) is 8.94. The Hall–Kier alpha value is -5.04. The summed E-state index contributed by atoms with van der Waals surface area (Å²) in [6, 6.07) is 15.4. The molecule has 256 valence electrons. The zero-order chi connectivity index (χ0) is 34.5. The van der Waals surface area contributed by atoms with E-state index in [1.54, 1.807) is 47.3 Å². The van der Waals surface area contributed by atoms with Gasteiger partial charge in [-0.05, 0) is 47.8 Å². The number of likely N-dealkylation sites (tertiary alicyclic amines) is 2. The molecular formula is C36H38N4O8S. The monoisotopic (exact) mass is 686 g/mol. The molecule has 3 saturated heterocycles. The van der Waals surface area contributed by atoms with E-state index in [0.717, 1.165) is 11.1 Å². The van der Waals surface area contributed by atoms with E-state index >= 15 is 0 Å². The Labute approximate surface area is 288 Å². The molecule has 2 aromatic rings. The first-order valence-corrected chi connectivity index (χ1v) is 17.2. The number of nitrogens with one attached hydrogen (secondary N) is 1. The third kappa shape index (κ3) is 7.36. The summed E-state index contributed by atoms with van der Waals surface area (Å²) in [6.07, 6.45) is 3.98. The van der Waals surface area contributed by atoms with Crippen LogP contribution in [0.5, 0.6) is 5.75 Å². The van der Waals surface area contributed by atoms with Crippen molar-refractivity contribution in [2.75, 3.05) is 39.1 Å². The normalized spacial score (nSPS) is 22.5. The highest BCUT2D eigenvalue weighted by atomic mass is 32.2. The summed E-state index contributed by atoms with van der Waals surface area (Å²) in [5.41, 5.74) is 2.66. The molecule has 1 N–H and O–H groups in total. The highest BCUT2D eigenvalue weighted by Gasteiger charge is 2.54. The van der Waals surface area contributed by atoms with Crippen LogP contribution in [0.25, 0.3) is 0 Å². The molecule has 4 aliphatic heterocycles. The van der Waals surface area contributed by atoms with Crippen molar-refractivity contribution in [1.82, 2.24) is 20.0 Å². The zero-order valence-electron chi connectivity index (χ0n) is 27.2. The number of thioether (sulfide) groups is 1. The number of β-lactam (4-membered cyclic amide) rings is 1. The molecule has 3 atom stereocenters. The second kappa shape index (κ2) is 15.0. The molecule has 0 bridgehead atoms. The Morgan fingerprint density at radius 1 is 1.02 bits per heavy atom. The summed E-state index contributed by atoms with van der Waals surface area (Å²) in [6.45, 7) is 4.98. The van der Waals surface area contributed by atoms with Crippen LogP contribution in [0.1, 0.15) is 24.0 Å². The Bertz CT molecular complexity index is 1690. The number of carbonyl (C=O) groups excluding carboxylic acids is 5. The van der Waals surface area contributed by atoms with Gasteiger partial charge in [0.25, 0.3) is 5.91 Å². The Kier molecular flexibility index (Phi) is 10.4. The van der Waals surface area contributed by atoms with Crippen LogP contribution in [-0.4, -0.2) is 101 Å². The van der Waals surface area contributed by atoms with Gasteiger partial charge in [0, 0.05) is 31.0 Å². The number of esters is 1. The molecule has 12 nitrogen and oxygen atoms in total. The molecule has 2 aromatic carbocycles. The van der Waals surface area contributed by atoms with Gasteiger partial charge in [-0.1, -0.05) is 55.1 Å². The molecule has 6 rings (SSSR count). The summed E-state index contributed by atoms with van der Waals surface area (Å²) in [5.74, 6) is -0.574. The van der Waals surface area contributed by atoms with E-state index in [9.17, 15) is 24.0 Å². The number of amides is 4. The smallest absolute Gasteiger partial charge is 0.410 e. The Balaban J connectivity index is 1.19. The van der Waals surface area contributed by atoms with Gasteiger partial charge in [-0.3, -0.25) is 19.3 Å². The SMILES string of the molecule is C=CCOC(=O)N1CC[C@@H](N2CC/C(=C\C3=C(C(=O)OCc4ccc(OC)cc4)N4C(=O)[C@@H](NC(=O)Cc5ccccc5)[C@H]4SC3)C2=O)C1. The first-order valence-electron chi connectivity index (χ1n) is 16.1. The van der Waals surface area contributed by atoms with Crippen molar-refractivity contribution in [1.29, 1.82) is 0 Å². The molecule has 4 heterocycles. The number of hydrogen-bond acceptors (Lipinski definition) is 9. The third-order valence-corrected chi connectivity index (χ3v) is 10.2. The fraction of sp³-hybridized carbons (Fsp3) is 0.361. The molecule has 0 unspecified atom stereocenters. The zero-order valence-corrected chi connectivity index (χ0v) is 28.0. The molecule has 4 aliphatic rings. The van der Waals surface area contributed by atoms with Crippen LogP contribution < -0.4 is 10.1 Å². The number of fused-ring (bicyclic) bond motifs is 1. The number of nitrogens with zero attached hydrogens (tertiary/aromatic N) is 3. The number of carbonyl (C=O) groups is 5. The van der Waals surface area contributed by atoms with Gasteiger partial charge in [-0.25, -0.2) is 9.59 Å². The highest BCUT2D eigenvalue weighted by molar-refractivity contribution is 8.00. The lowest BCUT2D eigenvalue weighted by Gasteiger charge is -2.49. The molecule has 0 aromatic heterocycles. The standard InChI is InChI=1S/C36H38N4O8S/c1-3-17-47-36(45)38-15-14-27(20-38)39-16-13-25(32(39)42)19-26-22-49-34-30(37-29(41)18-23-7-5-4-6-8-23)33(43)40(34)31(26)35(44)48-21-24-9-11-28(46-2)12-10-24/h3-12,19,27,30,34H,1,13-18,20-22H2,2H3,(H,37,41)/b25-19+/t27-,30-,34-/m1/s1. The second-order valence-electron chi connectivity index (χ2n) is 12.1. The minimum Gasteiger partial charge on any atom is -0.497 e. The summed E-state index contributed by atoms with van der Waals surface area (Å²) in [5, 5.41) is 2.34. The predicted molar refractivity (Wildman–Crippen MR) is 181 cm³/mol. The van der Waals surface area contributed by atoms with E-state index < -0.39 is 29.4 Å². The lowest BCUT2D eigenvalue weighted by molar-refractivity contribution is -0.153. The number of rotatable bonds is 11. The summed E-state index contributed by atoms with van der Waals surface area (Å²) < 4.78 is 16.1. The molecule has 0 spiro atoms. The van der Waals surface area contributed by atoms with Gasteiger partial charge >= 0.3 is 12.1 Å². The maximum atomic E-state index is 13.7. The number of ether oxygens (including phenoxy) is 3. The topological polar surface area (TPSA) is 135 Å². The van der Waals surface area contributed by atoms with Crippen LogP contribution in [0.3, 0.4) is 0 Å². The van der Waals surface area contributed by atoms with Gasteiger partial charge in [0.2, 0.25) is 11.8 Å². The molecule has 4 amide bonds. The molecule has 13 heteroatoms. The number of methoxy groups -OCH3 is 1. The van der Waals surface area contributed by atoms with Crippen LogP contribution in [0, 0.1) is 0 Å². The largest absolute Gasteiger partial charge is 0.497 e. The molecule has 49 heavy (non-hydrogen) atoms. The van der Waals surface area contributed by atoms with E-state index in [2.05, 4.69) is 11.9 Å². The van der Waals surface area contributed by atoms with Crippen molar-refractivity contribution >= 4 is 41.5 Å². The minimum absolute atomic E-state index is 0.0343. The first kappa shape index (κ1) is 33.8. The van der Waals surface area contributed by atoms with Gasteiger partial charge < -0.3 is 29.3 Å². The van der Waals surface area contributed by atoms with Crippen molar-refractivity contribution in [2.24, 2.45) is 0 Å². The van der Waals surface area contributed by atoms with Crippen molar-refractivity contribution in [2.45, 2.75) is 43.3 Å². The molecule has 0 radical (unpaired) electrons. The van der Waals surface area contributed by atoms with Gasteiger partial charge in [-0.2, -0.15) is 0 Å².